The second kappa shape index (κ2) is 11.6. The zero-order valence-corrected chi connectivity index (χ0v) is 18.9. The molecule has 0 saturated carbocycles. The molecule has 0 aromatic rings. The average Bonchev–Trinajstić information content (AvgIpc) is 3.03. The van der Waals surface area contributed by atoms with Gasteiger partial charge >= 0.3 is 6.18 Å². The molecule has 6 nitrogen and oxygen atoms in total. The van der Waals surface area contributed by atoms with Gasteiger partial charge in [0.15, 0.2) is 5.96 Å². The van der Waals surface area contributed by atoms with Gasteiger partial charge in [-0.25, -0.2) is 0 Å². The SMILES string of the molecule is CCN1CCN(C(C)CNC(=NC)NC2CCN(CC(F)(F)F)C2)CC1.I. The van der Waals surface area contributed by atoms with Crippen molar-refractivity contribution in [3.8, 4) is 0 Å². The van der Waals surface area contributed by atoms with Crippen LogP contribution < -0.4 is 10.6 Å². The molecule has 2 aliphatic heterocycles. The van der Waals surface area contributed by atoms with E-state index in [9.17, 15) is 13.2 Å². The summed E-state index contributed by atoms with van der Waals surface area (Å²) in [6.07, 6.45) is -3.43. The predicted molar refractivity (Wildman–Crippen MR) is 114 cm³/mol. The summed E-state index contributed by atoms with van der Waals surface area (Å²) in [5.41, 5.74) is 0. The molecule has 2 heterocycles. The molecule has 2 fully saturated rings. The van der Waals surface area contributed by atoms with E-state index in [0.717, 1.165) is 39.3 Å². The highest BCUT2D eigenvalue weighted by molar-refractivity contribution is 14.0. The number of likely N-dealkylation sites (tertiary alicyclic amines) is 1. The van der Waals surface area contributed by atoms with E-state index in [4.69, 9.17) is 0 Å². The summed E-state index contributed by atoms with van der Waals surface area (Å²) in [6.45, 7) is 10.6. The molecule has 2 atom stereocenters. The number of alkyl halides is 3. The number of halogens is 4. The maximum absolute atomic E-state index is 12.5. The van der Waals surface area contributed by atoms with Crippen molar-refractivity contribution >= 4 is 29.9 Å². The van der Waals surface area contributed by atoms with Crippen molar-refractivity contribution in [2.24, 2.45) is 4.99 Å². The molecule has 0 spiro atoms. The summed E-state index contributed by atoms with van der Waals surface area (Å²) in [5, 5.41) is 6.58. The Morgan fingerprint density at radius 1 is 1.15 bits per heavy atom. The van der Waals surface area contributed by atoms with Crippen LogP contribution in [0.5, 0.6) is 0 Å². The molecule has 2 unspecified atom stereocenters. The van der Waals surface area contributed by atoms with Crippen molar-refractivity contribution in [3.05, 3.63) is 0 Å². The van der Waals surface area contributed by atoms with E-state index in [2.05, 4.69) is 39.3 Å². The zero-order valence-electron chi connectivity index (χ0n) is 16.6. The minimum atomic E-state index is -4.13. The summed E-state index contributed by atoms with van der Waals surface area (Å²) >= 11 is 0. The lowest BCUT2D eigenvalue weighted by atomic mass is 10.2. The van der Waals surface area contributed by atoms with Crippen LogP contribution in [0, 0.1) is 0 Å². The van der Waals surface area contributed by atoms with Crippen LogP contribution in [0.2, 0.25) is 0 Å². The number of nitrogens with zero attached hydrogens (tertiary/aromatic N) is 4. The van der Waals surface area contributed by atoms with E-state index in [-0.39, 0.29) is 30.0 Å². The molecule has 0 bridgehead atoms. The Bertz CT molecular complexity index is 454. The Balaban J connectivity index is 0.00000364. The van der Waals surface area contributed by atoms with Crippen molar-refractivity contribution in [2.45, 2.75) is 38.5 Å². The molecule has 2 saturated heterocycles. The van der Waals surface area contributed by atoms with Crippen LogP contribution in [0.3, 0.4) is 0 Å². The van der Waals surface area contributed by atoms with Crippen molar-refractivity contribution in [1.29, 1.82) is 0 Å². The van der Waals surface area contributed by atoms with Crippen LogP contribution in [0.4, 0.5) is 13.2 Å². The van der Waals surface area contributed by atoms with Crippen molar-refractivity contribution in [2.75, 3.05) is 66.0 Å². The fraction of sp³-hybridized carbons (Fsp3) is 0.941. The first kappa shape index (κ1) is 24.7. The highest BCUT2D eigenvalue weighted by atomic mass is 127. The lowest BCUT2D eigenvalue weighted by molar-refractivity contribution is -0.143. The van der Waals surface area contributed by atoms with Gasteiger partial charge in [-0.15, -0.1) is 24.0 Å². The van der Waals surface area contributed by atoms with E-state index in [1.807, 2.05) is 0 Å². The van der Waals surface area contributed by atoms with Crippen LogP contribution in [-0.4, -0.2) is 105 Å². The molecule has 0 aromatic heterocycles. The normalized spacial score (nSPS) is 24.5. The van der Waals surface area contributed by atoms with Crippen LogP contribution >= 0.6 is 24.0 Å². The van der Waals surface area contributed by atoms with E-state index in [0.29, 0.717) is 31.5 Å². The van der Waals surface area contributed by atoms with E-state index in [1.165, 1.54) is 4.90 Å². The number of nitrogens with one attached hydrogen (secondary N) is 2. The topological polar surface area (TPSA) is 46.1 Å². The number of guanidine groups is 1. The molecule has 27 heavy (non-hydrogen) atoms. The first-order valence-electron chi connectivity index (χ1n) is 9.53. The summed E-state index contributed by atoms with van der Waals surface area (Å²) in [7, 11) is 1.70. The lowest BCUT2D eigenvalue weighted by Gasteiger charge is -2.37. The van der Waals surface area contributed by atoms with Gasteiger partial charge in [-0.2, -0.15) is 13.2 Å². The van der Waals surface area contributed by atoms with Crippen LogP contribution in [0.25, 0.3) is 0 Å². The number of rotatable bonds is 6. The summed E-state index contributed by atoms with van der Waals surface area (Å²) in [4.78, 5) is 10.6. The van der Waals surface area contributed by atoms with Gasteiger partial charge in [0.2, 0.25) is 0 Å². The molecule has 160 valence electrons. The zero-order chi connectivity index (χ0) is 19.2. The van der Waals surface area contributed by atoms with E-state index in [1.54, 1.807) is 7.05 Å². The quantitative estimate of drug-likeness (QED) is 0.325. The number of likely N-dealkylation sites (N-methyl/N-ethyl adjacent to an activating group) is 1. The minimum Gasteiger partial charge on any atom is -0.355 e. The van der Waals surface area contributed by atoms with Gasteiger partial charge in [-0.05, 0) is 19.9 Å². The average molecular weight is 506 g/mol. The molecule has 2 N–H and O–H groups in total. The molecule has 10 heteroatoms. The molecular weight excluding hydrogens is 472 g/mol. The van der Waals surface area contributed by atoms with Crippen molar-refractivity contribution in [1.82, 2.24) is 25.3 Å². The van der Waals surface area contributed by atoms with Gasteiger partial charge in [0, 0.05) is 64.9 Å². The Labute approximate surface area is 177 Å². The summed E-state index contributed by atoms with van der Waals surface area (Å²) in [6, 6.07) is 0.393. The predicted octanol–water partition coefficient (Wildman–Crippen LogP) is 1.43. The summed E-state index contributed by atoms with van der Waals surface area (Å²) in [5.74, 6) is 0.669. The lowest BCUT2D eigenvalue weighted by Crippen LogP contribution is -2.53. The number of piperazine rings is 1. The Morgan fingerprint density at radius 2 is 1.81 bits per heavy atom. The second-order valence-electron chi connectivity index (χ2n) is 7.25. The molecule has 2 rings (SSSR count). The van der Waals surface area contributed by atoms with Gasteiger partial charge in [-0.1, -0.05) is 6.92 Å². The van der Waals surface area contributed by atoms with Gasteiger partial charge in [0.05, 0.1) is 6.54 Å². The highest BCUT2D eigenvalue weighted by Crippen LogP contribution is 2.19. The van der Waals surface area contributed by atoms with E-state index < -0.39 is 12.7 Å². The second-order valence-corrected chi connectivity index (χ2v) is 7.25. The third kappa shape index (κ3) is 8.70. The van der Waals surface area contributed by atoms with Crippen LogP contribution in [-0.2, 0) is 0 Å². The third-order valence-corrected chi connectivity index (χ3v) is 5.28. The molecular formula is C17H34F3IN6. The van der Waals surface area contributed by atoms with E-state index >= 15 is 0 Å². The first-order valence-corrected chi connectivity index (χ1v) is 9.53. The Morgan fingerprint density at radius 3 is 2.37 bits per heavy atom. The maximum atomic E-state index is 12.5. The van der Waals surface area contributed by atoms with Gasteiger partial charge in [0.25, 0.3) is 0 Å². The molecule has 0 amide bonds. The largest absolute Gasteiger partial charge is 0.401 e. The molecule has 2 aliphatic rings. The number of hydrogen-bond donors (Lipinski definition) is 2. The highest BCUT2D eigenvalue weighted by Gasteiger charge is 2.34. The molecule has 0 aliphatic carbocycles. The Hall–Kier alpha value is -0.330. The fourth-order valence-corrected chi connectivity index (χ4v) is 3.63. The third-order valence-electron chi connectivity index (χ3n) is 5.28. The molecule has 0 radical (unpaired) electrons. The number of aliphatic imine (C=N–C) groups is 1. The number of hydrogen-bond acceptors (Lipinski definition) is 4. The first-order chi connectivity index (χ1) is 12.3. The maximum Gasteiger partial charge on any atom is 0.401 e. The smallest absolute Gasteiger partial charge is 0.355 e. The van der Waals surface area contributed by atoms with Gasteiger partial charge < -0.3 is 15.5 Å². The van der Waals surface area contributed by atoms with Gasteiger partial charge in [-0.3, -0.25) is 14.8 Å². The molecule has 0 aromatic carbocycles. The standard InChI is InChI=1S/C17H33F3N6.HI/c1-4-24-7-9-26(10-8-24)14(2)11-22-16(21-3)23-15-5-6-25(12-15)13-17(18,19)20;/h14-15H,4-13H2,1-3H3,(H2,21,22,23);1H. The van der Waals surface area contributed by atoms with Gasteiger partial charge in [0.1, 0.15) is 0 Å². The van der Waals surface area contributed by atoms with Crippen molar-refractivity contribution < 1.29 is 13.2 Å². The minimum absolute atomic E-state index is 0. The Kier molecular flexibility index (Phi) is 10.6. The van der Waals surface area contributed by atoms with Crippen molar-refractivity contribution in [3.63, 3.8) is 0 Å². The summed E-state index contributed by atoms with van der Waals surface area (Å²) < 4.78 is 37.5. The van der Waals surface area contributed by atoms with Crippen LogP contribution in [0.15, 0.2) is 4.99 Å². The monoisotopic (exact) mass is 506 g/mol. The van der Waals surface area contributed by atoms with Crippen LogP contribution in [0.1, 0.15) is 20.3 Å². The fourth-order valence-electron chi connectivity index (χ4n) is 3.63.